The Hall–Kier alpha value is -1.28. The summed E-state index contributed by atoms with van der Waals surface area (Å²) in [6, 6.07) is 0. The molecule has 0 bridgehead atoms. The van der Waals surface area contributed by atoms with E-state index in [1.165, 1.54) is 4.68 Å². The van der Waals surface area contributed by atoms with Crippen molar-refractivity contribution in [3.8, 4) is 12.3 Å². The SMILES string of the molecule is C#CCn1ncc(NCC(C)(C)C(C)C)c(Br)c1=O. The Morgan fingerprint density at radius 1 is 1.58 bits per heavy atom. The summed E-state index contributed by atoms with van der Waals surface area (Å²) in [6.45, 7) is 9.68. The Balaban J connectivity index is 2.91. The zero-order valence-electron chi connectivity index (χ0n) is 11.8. The largest absolute Gasteiger partial charge is 0.382 e. The van der Waals surface area contributed by atoms with E-state index in [0.29, 0.717) is 16.1 Å². The van der Waals surface area contributed by atoms with Crippen LogP contribution in [-0.4, -0.2) is 16.3 Å². The van der Waals surface area contributed by atoms with E-state index in [2.05, 4.69) is 60.0 Å². The third-order valence-corrected chi connectivity index (χ3v) is 4.29. The summed E-state index contributed by atoms with van der Waals surface area (Å²) in [5.41, 5.74) is 0.616. The second-order valence-corrected chi connectivity index (χ2v) is 6.33. The number of aromatic nitrogens is 2. The number of terminal acetylenes is 1. The Kier molecular flexibility index (Phi) is 5.19. The number of hydrogen-bond donors (Lipinski definition) is 1. The number of anilines is 1. The molecule has 0 aliphatic rings. The maximum Gasteiger partial charge on any atom is 0.284 e. The second-order valence-electron chi connectivity index (χ2n) is 5.54. The van der Waals surface area contributed by atoms with Gasteiger partial charge >= 0.3 is 0 Å². The molecule has 104 valence electrons. The van der Waals surface area contributed by atoms with E-state index in [4.69, 9.17) is 6.42 Å². The third kappa shape index (κ3) is 3.84. The highest BCUT2D eigenvalue weighted by Gasteiger charge is 2.22. The molecule has 1 rings (SSSR count). The molecule has 0 aliphatic carbocycles. The first-order valence-corrected chi connectivity index (χ1v) is 7.02. The van der Waals surface area contributed by atoms with E-state index < -0.39 is 0 Å². The molecule has 0 unspecified atom stereocenters. The average molecular weight is 326 g/mol. The van der Waals surface area contributed by atoms with Gasteiger partial charge in [-0.3, -0.25) is 4.79 Å². The van der Waals surface area contributed by atoms with Crippen LogP contribution in [0.15, 0.2) is 15.5 Å². The van der Waals surface area contributed by atoms with E-state index in [1.54, 1.807) is 6.20 Å². The molecular formula is C14H20BrN3O. The Bertz CT molecular complexity index is 541. The lowest BCUT2D eigenvalue weighted by molar-refractivity contribution is 0.269. The van der Waals surface area contributed by atoms with Gasteiger partial charge in [0.15, 0.2) is 0 Å². The average Bonchev–Trinajstić information content (AvgIpc) is 2.34. The van der Waals surface area contributed by atoms with Crippen molar-refractivity contribution in [1.29, 1.82) is 0 Å². The van der Waals surface area contributed by atoms with Crippen LogP contribution in [0.25, 0.3) is 0 Å². The van der Waals surface area contributed by atoms with Crippen molar-refractivity contribution >= 4 is 21.6 Å². The molecule has 5 heteroatoms. The number of halogens is 1. The van der Waals surface area contributed by atoms with Crippen molar-refractivity contribution in [2.75, 3.05) is 11.9 Å². The molecule has 1 heterocycles. The molecule has 1 aromatic rings. The molecule has 4 nitrogen and oxygen atoms in total. The number of hydrogen-bond acceptors (Lipinski definition) is 3. The predicted octanol–water partition coefficient (Wildman–Crippen LogP) is 2.73. The monoisotopic (exact) mass is 325 g/mol. The van der Waals surface area contributed by atoms with Gasteiger partial charge in [0.1, 0.15) is 11.0 Å². The van der Waals surface area contributed by atoms with E-state index >= 15 is 0 Å². The Morgan fingerprint density at radius 3 is 2.74 bits per heavy atom. The zero-order valence-corrected chi connectivity index (χ0v) is 13.4. The minimum absolute atomic E-state index is 0.132. The maximum absolute atomic E-state index is 12.0. The summed E-state index contributed by atoms with van der Waals surface area (Å²) in [7, 11) is 0. The minimum atomic E-state index is -0.217. The van der Waals surface area contributed by atoms with Crippen LogP contribution < -0.4 is 10.9 Å². The number of nitrogens with one attached hydrogen (secondary N) is 1. The van der Waals surface area contributed by atoms with Crippen LogP contribution in [0.3, 0.4) is 0 Å². The first kappa shape index (κ1) is 15.8. The summed E-state index contributed by atoms with van der Waals surface area (Å²) in [6.07, 6.45) is 6.81. The van der Waals surface area contributed by atoms with Crippen molar-refractivity contribution in [1.82, 2.24) is 9.78 Å². The van der Waals surface area contributed by atoms with Crippen molar-refractivity contribution in [3.05, 3.63) is 21.0 Å². The van der Waals surface area contributed by atoms with Gasteiger partial charge < -0.3 is 5.32 Å². The molecule has 1 N–H and O–H groups in total. The van der Waals surface area contributed by atoms with Gasteiger partial charge in [0, 0.05) is 6.54 Å². The predicted molar refractivity (Wildman–Crippen MR) is 82.1 cm³/mol. The lowest BCUT2D eigenvalue weighted by Gasteiger charge is -2.30. The quantitative estimate of drug-likeness (QED) is 0.847. The van der Waals surface area contributed by atoms with Gasteiger partial charge in [-0.05, 0) is 27.3 Å². The molecule has 0 spiro atoms. The maximum atomic E-state index is 12.0. The van der Waals surface area contributed by atoms with E-state index in [0.717, 1.165) is 6.54 Å². The standard InChI is InChI=1S/C14H20BrN3O/c1-6-7-18-13(19)12(15)11(8-17-18)16-9-14(4,5)10(2)3/h1,8,10,16H,7,9H2,2-5H3. The van der Waals surface area contributed by atoms with Crippen LogP contribution in [0.4, 0.5) is 5.69 Å². The highest BCUT2D eigenvalue weighted by atomic mass is 79.9. The molecule has 19 heavy (non-hydrogen) atoms. The first-order chi connectivity index (χ1) is 8.79. The van der Waals surface area contributed by atoms with Crippen LogP contribution in [0.2, 0.25) is 0 Å². The highest BCUT2D eigenvalue weighted by Crippen LogP contribution is 2.27. The molecule has 0 fully saturated rings. The van der Waals surface area contributed by atoms with Gasteiger partial charge in [-0.15, -0.1) is 6.42 Å². The van der Waals surface area contributed by atoms with Gasteiger partial charge in [0.05, 0.1) is 11.9 Å². The van der Waals surface area contributed by atoms with E-state index in [1.807, 2.05) is 0 Å². The zero-order chi connectivity index (χ0) is 14.6. The normalized spacial score (nSPS) is 11.4. The number of nitrogens with zero attached hydrogens (tertiary/aromatic N) is 2. The summed E-state index contributed by atoms with van der Waals surface area (Å²) >= 11 is 3.30. The van der Waals surface area contributed by atoms with Crippen molar-refractivity contribution in [2.45, 2.75) is 34.2 Å². The minimum Gasteiger partial charge on any atom is -0.382 e. The van der Waals surface area contributed by atoms with Gasteiger partial charge in [0.25, 0.3) is 5.56 Å². The smallest absolute Gasteiger partial charge is 0.284 e. The van der Waals surface area contributed by atoms with Gasteiger partial charge in [0.2, 0.25) is 0 Å². The van der Waals surface area contributed by atoms with Crippen molar-refractivity contribution < 1.29 is 0 Å². The van der Waals surface area contributed by atoms with Crippen LogP contribution in [-0.2, 0) is 6.54 Å². The molecular weight excluding hydrogens is 306 g/mol. The summed E-state index contributed by atoms with van der Waals surface area (Å²) < 4.78 is 1.72. The third-order valence-electron chi connectivity index (χ3n) is 3.52. The molecule has 0 atom stereocenters. The fraction of sp³-hybridized carbons (Fsp3) is 0.571. The summed E-state index contributed by atoms with van der Waals surface area (Å²) in [4.78, 5) is 12.0. The fourth-order valence-corrected chi connectivity index (χ4v) is 1.76. The van der Waals surface area contributed by atoms with Crippen molar-refractivity contribution in [3.63, 3.8) is 0 Å². The molecule has 0 radical (unpaired) electrons. The van der Waals surface area contributed by atoms with Crippen LogP contribution in [0, 0.1) is 23.7 Å². The molecule has 0 saturated carbocycles. The van der Waals surface area contributed by atoms with Gasteiger partial charge in [-0.25, -0.2) is 4.68 Å². The lowest BCUT2D eigenvalue weighted by atomic mass is 9.81. The van der Waals surface area contributed by atoms with E-state index in [-0.39, 0.29) is 17.5 Å². The molecule has 0 amide bonds. The van der Waals surface area contributed by atoms with E-state index in [9.17, 15) is 4.79 Å². The van der Waals surface area contributed by atoms with Crippen molar-refractivity contribution in [2.24, 2.45) is 11.3 Å². The molecule has 1 aromatic heterocycles. The fourth-order valence-electron chi connectivity index (χ4n) is 1.31. The van der Waals surface area contributed by atoms with Gasteiger partial charge in [-0.1, -0.05) is 33.6 Å². The molecule has 0 aromatic carbocycles. The highest BCUT2D eigenvalue weighted by molar-refractivity contribution is 9.10. The first-order valence-electron chi connectivity index (χ1n) is 6.22. The van der Waals surface area contributed by atoms with Crippen LogP contribution in [0.1, 0.15) is 27.7 Å². The topological polar surface area (TPSA) is 46.9 Å². The molecule has 0 saturated heterocycles. The molecule has 0 aliphatic heterocycles. The second kappa shape index (κ2) is 6.25. The Labute approximate surface area is 122 Å². The lowest BCUT2D eigenvalue weighted by Crippen LogP contribution is -2.30. The van der Waals surface area contributed by atoms with Gasteiger partial charge in [-0.2, -0.15) is 5.10 Å². The Morgan fingerprint density at radius 2 is 2.21 bits per heavy atom. The van der Waals surface area contributed by atoms with Crippen LogP contribution >= 0.6 is 15.9 Å². The van der Waals surface area contributed by atoms with Crippen LogP contribution in [0.5, 0.6) is 0 Å². The summed E-state index contributed by atoms with van der Waals surface area (Å²) in [5, 5.41) is 7.31. The number of rotatable bonds is 5. The summed E-state index contributed by atoms with van der Waals surface area (Å²) in [5.74, 6) is 2.94.